The van der Waals surface area contributed by atoms with Gasteiger partial charge in [-0.3, -0.25) is 4.79 Å². The molecule has 1 N–H and O–H groups in total. The molecule has 0 aliphatic carbocycles. The predicted octanol–water partition coefficient (Wildman–Crippen LogP) is 0.0540. The lowest BCUT2D eigenvalue weighted by atomic mass is 10.2. The highest BCUT2D eigenvalue weighted by atomic mass is 19.1. The van der Waals surface area contributed by atoms with E-state index in [2.05, 4.69) is 4.98 Å². The Labute approximate surface area is 97.8 Å². The molecule has 1 aliphatic rings. The van der Waals surface area contributed by atoms with E-state index in [-0.39, 0.29) is 24.2 Å². The number of nitrogens with zero attached hydrogens (tertiary/aromatic N) is 2. The first-order valence-corrected chi connectivity index (χ1v) is 5.33. The van der Waals surface area contributed by atoms with Gasteiger partial charge in [-0.15, -0.1) is 0 Å². The first kappa shape index (κ1) is 11.9. The maximum absolute atomic E-state index is 12.7. The molecule has 92 valence electrons. The molecule has 1 aromatic heterocycles. The Morgan fingerprint density at radius 2 is 2.47 bits per heavy atom. The van der Waals surface area contributed by atoms with E-state index in [0.717, 1.165) is 6.20 Å². The molecule has 2 rings (SSSR count). The molecule has 5 nitrogen and oxygen atoms in total. The van der Waals surface area contributed by atoms with E-state index in [4.69, 9.17) is 9.84 Å². The van der Waals surface area contributed by atoms with E-state index in [9.17, 15) is 9.18 Å². The smallest absolute Gasteiger partial charge is 0.272 e. The molecule has 1 aliphatic heterocycles. The molecule has 0 aromatic carbocycles. The molecule has 1 saturated heterocycles. The van der Waals surface area contributed by atoms with Crippen molar-refractivity contribution in [1.29, 1.82) is 0 Å². The molecule has 0 spiro atoms. The fraction of sp³-hybridized carbons (Fsp3) is 0.455. The molecule has 17 heavy (non-hydrogen) atoms. The summed E-state index contributed by atoms with van der Waals surface area (Å²) in [5, 5.41) is 9.15. The number of rotatable bonds is 2. The zero-order valence-corrected chi connectivity index (χ0v) is 9.17. The Hall–Kier alpha value is -1.53. The Kier molecular flexibility index (Phi) is 3.65. The molecule has 0 saturated carbocycles. The fourth-order valence-electron chi connectivity index (χ4n) is 1.72. The predicted molar refractivity (Wildman–Crippen MR) is 56.9 cm³/mol. The molecule has 2 heterocycles. The van der Waals surface area contributed by atoms with Gasteiger partial charge in [0.1, 0.15) is 11.5 Å². The summed E-state index contributed by atoms with van der Waals surface area (Å²) in [6.07, 6.45) is 1.00. The second kappa shape index (κ2) is 5.20. The quantitative estimate of drug-likeness (QED) is 0.793. The average molecular weight is 240 g/mol. The Bertz CT molecular complexity index is 396. The van der Waals surface area contributed by atoms with Gasteiger partial charge >= 0.3 is 0 Å². The van der Waals surface area contributed by atoms with Crippen molar-refractivity contribution in [2.75, 3.05) is 26.4 Å². The number of carbonyl (C=O) groups excluding carboxylic acids is 1. The number of aliphatic hydroxyl groups excluding tert-OH is 1. The zero-order chi connectivity index (χ0) is 12.3. The van der Waals surface area contributed by atoms with Gasteiger partial charge in [0.15, 0.2) is 0 Å². The van der Waals surface area contributed by atoms with Crippen LogP contribution in [0.5, 0.6) is 0 Å². The summed E-state index contributed by atoms with van der Waals surface area (Å²) >= 11 is 0. The lowest BCUT2D eigenvalue weighted by molar-refractivity contribution is -0.0186. The zero-order valence-electron chi connectivity index (χ0n) is 9.17. The number of halogens is 1. The number of aliphatic hydroxyl groups is 1. The minimum atomic E-state index is -0.484. The minimum absolute atomic E-state index is 0.160. The number of pyridine rings is 1. The average Bonchev–Trinajstić information content (AvgIpc) is 2.39. The number of amides is 1. The second-order valence-corrected chi connectivity index (χ2v) is 3.77. The van der Waals surface area contributed by atoms with Crippen LogP contribution in [0.4, 0.5) is 4.39 Å². The number of aromatic nitrogens is 1. The van der Waals surface area contributed by atoms with Gasteiger partial charge in [0.2, 0.25) is 0 Å². The first-order chi connectivity index (χ1) is 8.22. The van der Waals surface area contributed by atoms with Crippen LogP contribution in [0.3, 0.4) is 0 Å². The third kappa shape index (κ3) is 2.59. The van der Waals surface area contributed by atoms with Crippen LogP contribution in [0.25, 0.3) is 0 Å². The summed E-state index contributed by atoms with van der Waals surface area (Å²) in [5.74, 6) is -0.797. The molecule has 1 aromatic rings. The summed E-state index contributed by atoms with van der Waals surface area (Å²) in [7, 11) is 0. The third-order valence-electron chi connectivity index (χ3n) is 2.65. The number of morpholine rings is 1. The van der Waals surface area contributed by atoms with Crippen molar-refractivity contribution in [3.63, 3.8) is 0 Å². The van der Waals surface area contributed by atoms with Gasteiger partial charge in [0.25, 0.3) is 5.91 Å². The Morgan fingerprint density at radius 1 is 1.65 bits per heavy atom. The van der Waals surface area contributed by atoms with Crippen LogP contribution in [-0.4, -0.2) is 53.3 Å². The van der Waals surface area contributed by atoms with Crippen LogP contribution >= 0.6 is 0 Å². The van der Waals surface area contributed by atoms with Crippen molar-refractivity contribution in [2.24, 2.45) is 0 Å². The van der Waals surface area contributed by atoms with Crippen molar-refractivity contribution in [2.45, 2.75) is 6.04 Å². The van der Waals surface area contributed by atoms with Gasteiger partial charge in [-0.25, -0.2) is 9.37 Å². The van der Waals surface area contributed by atoms with Crippen molar-refractivity contribution in [3.8, 4) is 0 Å². The summed E-state index contributed by atoms with van der Waals surface area (Å²) < 4.78 is 17.9. The third-order valence-corrected chi connectivity index (χ3v) is 2.65. The van der Waals surface area contributed by atoms with Crippen LogP contribution in [-0.2, 0) is 4.74 Å². The van der Waals surface area contributed by atoms with Crippen molar-refractivity contribution in [1.82, 2.24) is 9.88 Å². The molecule has 0 radical (unpaired) electrons. The minimum Gasteiger partial charge on any atom is -0.394 e. The fourth-order valence-corrected chi connectivity index (χ4v) is 1.72. The Balaban J connectivity index is 2.15. The molecule has 1 fully saturated rings. The lowest BCUT2D eigenvalue weighted by Gasteiger charge is -2.34. The van der Waals surface area contributed by atoms with Crippen LogP contribution in [0.1, 0.15) is 10.5 Å². The van der Waals surface area contributed by atoms with E-state index in [1.54, 1.807) is 0 Å². The first-order valence-electron chi connectivity index (χ1n) is 5.33. The van der Waals surface area contributed by atoms with Gasteiger partial charge < -0.3 is 14.7 Å². The molecule has 6 heteroatoms. The standard InChI is InChI=1S/C11H13FN2O3/c12-8-1-2-10(13-5-8)11(16)14-3-4-17-7-9(14)6-15/h1-2,5,9,15H,3-4,6-7H2. The summed E-state index contributed by atoms with van der Waals surface area (Å²) in [6, 6.07) is 2.17. The normalized spacial score (nSPS) is 20.4. The summed E-state index contributed by atoms with van der Waals surface area (Å²) in [6.45, 7) is 0.989. The molecule has 1 unspecified atom stereocenters. The highest BCUT2D eigenvalue weighted by molar-refractivity contribution is 5.92. The maximum Gasteiger partial charge on any atom is 0.272 e. The van der Waals surface area contributed by atoms with Crippen LogP contribution in [0, 0.1) is 5.82 Å². The van der Waals surface area contributed by atoms with E-state index in [1.807, 2.05) is 0 Å². The summed E-state index contributed by atoms with van der Waals surface area (Å²) in [4.78, 5) is 17.3. The number of hydrogen-bond acceptors (Lipinski definition) is 4. The number of hydrogen-bond donors (Lipinski definition) is 1. The summed E-state index contributed by atoms with van der Waals surface area (Å²) in [5.41, 5.74) is 0.173. The van der Waals surface area contributed by atoms with Crippen LogP contribution < -0.4 is 0 Å². The topological polar surface area (TPSA) is 62.7 Å². The molecule has 0 bridgehead atoms. The maximum atomic E-state index is 12.7. The molecule has 1 atom stereocenters. The van der Waals surface area contributed by atoms with Crippen LogP contribution in [0.2, 0.25) is 0 Å². The highest BCUT2D eigenvalue weighted by Crippen LogP contribution is 2.11. The van der Waals surface area contributed by atoms with Gasteiger partial charge in [-0.1, -0.05) is 0 Å². The van der Waals surface area contributed by atoms with E-state index >= 15 is 0 Å². The second-order valence-electron chi connectivity index (χ2n) is 3.77. The van der Waals surface area contributed by atoms with E-state index in [0.29, 0.717) is 19.8 Å². The largest absolute Gasteiger partial charge is 0.394 e. The van der Waals surface area contributed by atoms with E-state index < -0.39 is 5.82 Å². The highest BCUT2D eigenvalue weighted by Gasteiger charge is 2.28. The van der Waals surface area contributed by atoms with Crippen molar-refractivity contribution < 1.29 is 19.0 Å². The van der Waals surface area contributed by atoms with Crippen LogP contribution in [0.15, 0.2) is 18.3 Å². The van der Waals surface area contributed by atoms with Gasteiger partial charge in [-0.05, 0) is 12.1 Å². The van der Waals surface area contributed by atoms with Crippen molar-refractivity contribution >= 4 is 5.91 Å². The lowest BCUT2D eigenvalue weighted by Crippen LogP contribution is -2.50. The SMILES string of the molecule is O=C(c1ccc(F)cn1)N1CCOCC1CO. The molecule has 1 amide bonds. The Morgan fingerprint density at radius 3 is 3.12 bits per heavy atom. The monoisotopic (exact) mass is 240 g/mol. The number of carbonyl (C=O) groups is 1. The molecular formula is C11H13FN2O3. The number of ether oxygens (including phenoxy) is 1. The molecular weight excluding hydrogens is 227 g/mol. The van der Waals surface area contributed by atoms with Gasteiger partial charge in [-0.2, -0.15) is 0 Å². The van der Waals surface area contributed by atoms with Crippen molar-refractivity contribution in [3.05, 3.63) is 29.8 Å². The van der Waals surface area contributed by atoms with Gasteiger partial charge in [0, 0.05) is 6.54 Å². The van der Waals surface area contributed by atoms with Gasteiger partial charge in [0.05, 0.1) is 32.1 Å². The van der Waals surface area contributed by atoms with E-state index in [1.165, 1.54) is 17.0 Å².